The highest BCUT2D eigenvalue weighted by Gasteiger charge is 2.23. The van der Waals surface area contributed by atoms with Crippen LogP contribution in [0.4, 0.5) is 0 Å². The SMILES string of the molecule is CCCCCC=CCC=CCCCCCCCCOC(C)[C@@H](OCCCCCCCCC=CCC=CCCCCC)OC(=O)CN(C)C. The second kappa shape index (κ2) is 38.1. The molecule has 0 aromatic heterocycles. The van der Waals surface area contributed by atoms with Crippen LogP contribution in [0.3, 0.4) is 0 Å². The first kappa shape index (κ1) is 46.3. The second-order valence-corrected chi connectivity index (χ2v) is 13.7. The first-order valence-corrected chi connectivity index (χ1v) is 20.2. The molecule has 0 aromatic rings. The van der Waals surface area contributed by atoms with Crippen molar-refractivity contribution in [1.29, 1.82) is 0 Å². The van der Waals surface area contributed by atoms with Crippen LogP contribution in [0.1, 0.15) is 175 Å². The first-order chi connectivity index (χ1) is 23.5. The summed E-state index contributed by atoms with van der Waals surface area (Å²) in [7, 11) is 3.74. The summed E-state index contributed by atoms with van der Waals surface area (Å²) in [6, 6.07) is 0. The lowest BCUT2D eigenvalue weighted by atomic mass is 10.1. The molecule has 280 valence electrons. The predicted octanol–water partition coefficient (Wildman–Crippen LogP) is 12.5. The van der Waals surface area contributed by atoms with E-state index in [9.17, 15) is 4.79 Å². The number of carbonyl (C=O) groups is 1. The maximum absolute atomic E-state index is 12.4. The van der Waals surface area contributed by atoms with Crippen molar-refractivity contribution in [3.8, 4) is 0 Å². The zero-order valence-corrected chi connectivity index (χ0v) is 32.4. The Kier molecular flexibility index (Phi) is 36.8. The van der Waals surface area contributed by atoms with Crippen LogP contribution in [0.2, 0.25) is 0 Å². The van der Waals surface area contributed by atoms with Crippen LogP contribution in [0, 0.1) is 0 Å². The number of allylic oxidation sites excluding steroid dienone is 8. The summed E-state index contributed by atoms with van der Waals surface area (Å²) in [6.07, 6.45) is 46.9. The molecule has 0 aromatic carbocycles. The van der Waals surface area contributed by atoms with Crippen LogP contribution in [0.15, 0.2) is 48.6 Å². The zero-order valence-electron chi connectivity index (χ0n) is 32.4. The fraction of sp³-hybridized carbons (Fsp3) is 0.791. The molecule has 0 radical (unpaired) electrons. The van der Waals surface area contributed by atoms with E-state index in [1.165, 1.54) is 122 Å². The molecule has 0 heterocycles. The predicted molar refractivity (Wildman–Crippen MR) is 209 cm³/mol. The highest BCUT2D eigenvalue weighted by Crippen LogP contribution is 2.13. The van der Waals surface area contributed by atoms with Crippen LogP contribution in [0.25, 0.3) is 0 Å². The average molecular weight is 674 g/mol. The van der Waals surface area contributed by atoms with Gasteiger partial charge < -0.3 is 14.2 Å². The number of carbonyl (C=O) groups excluding carboxylic acids is 1. The van der Waals surface area contributed by atoms with Crippen LogP contribution >= 0.6 is 0 Å². The minimum Gasteiger partial charge on any atom is -0.432 e. The van der Waals surface area contributed by atoms with E-state index < -0.39 is 6.29 Å². The summed E-state index contributed by atoms with van der Waals surface area (Å²) >= 11 is 0. The highest BCUT2D eigenvalue weighted by atomic mass is 16.7. The van der Waals surface area contributed by atoms with Crippen LogP contribution < -0.4 is 0 Å². The maximum Gasteiger partial charge on any atom is 0.322 e. The van der Waals surface area contributed by atoms with Gasteiger partial charge in [0.2, 0.25) is 6.29 Å². The lowest BCUT2D eigenvalue weighted by Crippen LogP contribution is -2.37. The Labute approximate surface area is 299 Å². The molecular weight excluding hydrogens is 594 g/mol. The van der Waals surface area contributed by atoms with Gasteiger partial charge >= 0.3 is 5.97 Å². The van der Waals surface area contributed by atoms with Gasteiger partial charge in [0, 0.05) is 6.61 Å². The minimum atomic E-state index is -0.653. The van der Waals surface area contributed by atoms with Crippen molar-refractivity contribution in [2.75, 3.05) is 33.9 Å². The number of hydrogen-bond acceptors (Lipinski definition) is 5. The number of nitrogens with zero attached hydrogens (tertiary/aromatic N) is 1. The summed E-state index contributed by atoms with van der Waals surface area (Å²) in [4.78, 5) is 14.2. The second-order valence-electron chi connectivity index (χ2n) is 13.7. The summed E-state index contributed by atoms with van der Waals surface area (Å²) in [5.41, 5.74) is 0. The quantitative estimate of drug-likeness (QED) is 0.0287. The fourth-order valence-corrected chi connectivity index (χ4v) is 5.42. The van der Waals surface area contributed by atoms with Gasteiger partial charge in [-0.15, -0.1) is 0 Å². The van der Waals surface area contributed by atoms with E-state index in [0.717, 1.165) is 32.1 Å². The number of likely N-dealkylation sites (N-methyl/N-ethyl adjacent to an activating group) is 1. The molecule has 0 aliphatic heterocycles. The van der Waals surface area contributed by atoms with E-state index in [1.54, 1.807) is 0 Å². The smallest absolute Gasteiger partial charge is 0.322 e. The number of rotatable bonds is 36. The Balaban J connectivity index is 3.98. The van der Waals surface area contributed by atoms with Crippen molar-refractivity contribution in [2.24, 2.45) is 0 Å². The van der Waals surface area contributed by atoms with Crippen LogP contribution in [-0.2, 0) is 19.0 Å². The molecular formula is C43H79NO4. The van der Waals surface area contributed by atoms with Gasteiger partial charge in [0.15, 0.2) is 0 Å². The van der Waals surface area contributed by atoms with Gasteiger partial charge in [-0.2, -0.15) is 0 Å². The molecule has 0 aliphatic rings. The summed E-state index contributed by atoms with van der Waals surface area (Å²) in [6.45, 7) is 7.97. The van der Waals surface area contributed by atoms with Crippen molar-refractivity contribution in [3.63, 3.8) is 0 Å². The lowest BCUT2D eigenvalue weighted by molar-refractivity contribution is -0.209. The maximum atomic E-state index is 12.4. The van der Waals surface area contributed by atoms with Crippen molar-refractivity contribution >= 4 is 5.97 Å². The molecule has 0 rings (SSSR count). The molecule has 0 spiro atoms. The van der Waals surface area contributed by atoms with E-state index in [1.807, 2.05) is 25.9 Å². The molecule has 0 saturated heterocycles. The molecule has 2 atom stereocenters. The van der Waals surface area contributed by atoms with Gasteiger partial charge in [-0.3, -0.25) is 9.69 Å². The molecule has 0 amide bonds. The van der Waals surface area contributed by atoms with Gasteiger partial charge in [-0.25, -0.2) is 0 Å². The normalized spacial score (nSPS) is 13.6. The standard InChI is InChI=1S/C43H79NO4/c1-6-8-10-12-14-16-18-20-22-24-26-28-30-32-34-36-38-46-41(3)43(48-42(45)40-44(4)5)47-39-37-35-33-31-29-27-25-23-21-19-17-15-13-11-9-7-2/h14-17,20-23,41,43H,6-13,18-19,24-40H2,1-5H3/t41?,43-/m0/s1. The van der Waals surface area contributed by atoms with Crippen LogP contribution in [-0.4, -0.2) is 57.1 Å². The summed E-state index contributed by atoms with van der Waals surface area (Å²) in [5.74, 6) is -0.272. The third-order valence-electron chi connectivity index (χ3n) is 8.43. The van der Waals surface area contributed by atoms with E-state index >= 15 is 0 Å². The third-order valence-corrected chi connectivity index (χ3v) is 8.43. The topological polar surface area (TPSA) is 48.0 Å². The van der Waals surface area contributed by atoms with E-state index in [2.05, 4.69) is 62.5 Å². The average Bonchev–Trinajstić information content (AvgIpc) is 3.06. The highest BCUT2D eigenvalue weighted by molar-refractivity contribution is 5.71. The number of esters is 1. The minimum absolute atomic E-state index is 0.240. The third kappa shape index (κ3) is 35.6. The molecule has 5 heteroatoms. The van der Waals surface area contributed by atoms with Gasteiger partial charge in [-0.1, -0.05) is 140 Å². The molecule has 0 aliphatic carbocycles. The van der Waals surface area contributed by atoms with Crippen molar-refractivity contribution in [2.45, 2.75) is 187 Å². The van der Waals surface area contributed by atoms with Crippen molar-refractivity contribution in [1.82, 2.24) is 4.90 Å². The largest absolute Gasteiger partial charge is 0.432 e. The van der Waals surface area contributed by atoms with Crippen LogP contribution in [0.5, 0.6) is 0 Å². The summed E-state index contributed by atoms with van der Waals surface area (Å²) < 4.78 is 17.8. The van der Waals surface area contributed by atoms with E-state index in [-0.39, 0.29) is 18.6 Å². The van der Waals surface area contributed by atoms with Crippen molar-refractivity contribution in [3.05, 3.63) is 48.6 Å². The molecule has 1 unspecified atom stereocenters. The van der Waals surface area contributed by atoms with Gasteiger partial charge in [0.1, 0.15) is 6.10 Å². The number of ether oxygens (including phenoxy) is 3. The monoisotopic (exact) mass is 674 g/mol. The molecule has 0 saturated carbocycles. The Hall–Kier alpha value is -1.69. The molecule has 0 bridgehead atoms. The van der Waals surface area contributed by atoms with Gasteiger partial charge in [0.25, 0.3) is 0 Å². The number of unbranched alkanes of at least 4 members (excludes halogenated alkanes) is 18. The van der Waals surface area contributed by atoms with Gasteiger partial charge in [0.05, 0.1) is 13.2 Å². The Morgan fingerprint density at radius 2 is 0.896 bits per heavy atom. The first-order valence-electron chi connectivity index (χ1n) is 20.2. The van der Waals surface area contributed by atoms with Gasteiger partial charge in [-0.05, 0) is 98.1 Å². The van der Waals surface area contributed by atoms with Crippen molar-refractivity contribution < 1.29 is 19.0 Å². The molecule has 0 fully saturated rings. The molecule has 48 heavy (non-hydrogen) atoms. The molecule has 0 N–H and O–H groups in total. The fourth-order valence-electron chi connectivity index (χ4n) is 5.42. The molecule has 5 nitrogen and oxygen atoms in total. The summed E-state index contributed by atoms with van der Waals surface area (Å²) in [5, 5.41) is 0. The Bertz CT molecular complexity index is 788. The Morgan fingerprint density at radius 3 is 1.31 bits per heavy atom. The zero-order chi connectivity index (χ0) is 35.2. The number of hydrogen-bond donors (Lipinski definition) is 0. The van der Waals surface area contributed by atoms with E-state index in [4.69, 9.17) is 14.2 Å². The Morgan fingerprint density at radius 1 is 0.521 bits per heavy atom. The van der Waals surface area contributed by atoms with E-state index in [0.29, 0.717) is 13.2 Å². The lowest BCUT2D eigenvalue weighted by Gasteiger charge is -2.25.